The summed E-state index contributed by atoms with van der Waals surface area (Å²) in [5.74, 6) is 1.50. The molecule has 7 aromatic rings. The number of rotatable bonds is 21. The first-order chi connectivity index (χ1) is 36.3. The first-order valence-electron chi connectivity index (χ1n) is 24.0. The average Bonchev–Trinajstić information content (AvgIpc) is 4.06. The number of tetrazole rings is 1. The van der Waals surface area contributed by atoms with E-state index >= 15 is 16.8 Å². The maximum absolute atomic E-state index is 16.5. The van der Waals surface area contributed by atoms with Crippen LogP contribution in [0, 0.1) is 0 Å². The van der Waals surface area contributed by atoms with E-state index in [1.165, 1.54) is 44.5 Å². The van der Waals surface area contributed by atoms with Gasteiger partial charge >= 0.3 is 12.2 Å². The number of H-pyrrole nitrogens is 1. The first-order valence-corrected chi connectivity index (χ1v) is 26.9. The molecular formula is C52H62N12O11S2. The number of imidazole rings is 1. The van der Waals surface area contributed by atoms with Crippen molar-refractivity contribution in [3.8, 4) is 51.2 Å². The standard InChI is InChI=1S/C52H62N12O11S2/c1-51(2,3)62(49(65)66)31-37(32-63(50(67)68)52(4,5)6)58-76(69,70)44-23-22-41(36-24-25-54-42(26-36)43-27-55-48(53)56-43)45(47-57-59-60-64(47)30-35-14-20-40(75-9)21-15-35)46(44)77(71,72)61(28-33-10-16-38(73-7)17-11-33)29-34-12-18-39(74-8)19-13-34/h10-27,37,58H,28-32H2,1-9H3,(H,65,66)(H,67,68)(H3,53,55,56). The largest absolute Gasteiger partial charge is 0.497 e. The number of nitrogens with two attached hydrogens (primary N) is 1. The third-order valence-corrected chi connectivity index (χ3v) is 16.0. The van der Waals surface area contributed by atoms with Crippen LogP contribution in [0.1, 0.15) is 58.2 Å². The van der Waals surface area contributed by atoms with E-state index in [2.05, 4.69) is 35.2 Å². The highest BCUT2D eigenvalue weighted by atomic mass is 32.2. The Bertz CT molecular complexity index is 3350. The van der Waals surface area contributed by atoms with Gasteiger partial charge in [0.05, 0.1) is 57.1 Å². The lowest BCUT2D eigenvalue weighted by molar-refractivity contribution is 0.0743. The van der Waals surface area contributed by atoms with Crippen molar-refractivity contribution in [3.63, 3.8) is 0 Å². The number of nitrogen functional groups attached to an aromatic ring is 1. The number of sulfonamides is 2. The van der Waals surface area contributed by atoms with Gasteiger partial charge in [-0.05, 0) is 134 Å². The number of nitrogens with zero attached hydrogens (tertiary/aromatic N) is 9. The minimum Gasteiger partial charge on any atom is -0.497 e. The summed E-state index contributed by atoms with van der Waals surface area (Å²) in [6, 6.07) is 24.6. The molecule has 4 aromatic carbocycles. The fraction of sp³-hybridized carbons (Fsp3) is 0.327. The molecule has 0 fully saturated rings. The molecule has 0 aliphatic heterocycles. The van der Waals surface area contributed by atoms with Crippen molar-refractivity contribution >= 4 is 38.2 Å². The van der Waals surface area contributed by atoms with Crippen molar-refractivity contribution in [1.29, 1.82) is 0 Å². The van der Waals surface area contributed by atoms with Crippen molar-refractivity contribution < 1.29 is 50.8 Å². The fourth-order valence-corrected chi connectivity index (χ4v) is 12.1. The number of hydrogen-bond acceptors (Lipinski definition) is 15. The van der Waals surface area contributed by atoms with E-state index < -0.39 is 72.2 Å². The van der Waals surface area contributed by atoms with Gasteiger partial charge in [-0.1, -0.05) is 42.5 Å². The topological polar surface area (TPSA) is 304 Å². The van der Waals surface area contributed by atoms with Gasteiger partial charge in [-0.15, -0.1) is 5.10 Å². The minimum atomic E-state index is -5.20. The third kappa shape index (κ3) is 13.3. The summed E-state index contributed by atoms with van der Waals surface area (Å²) in [6.45, 7) is 7.80. The van der Waals surface area contributed by atoms with Gasteiger partial charge in [0.1, 0.15) is 27.0 Å². The molecule has 0 radical (unpaired) electrons. The number of amides is 2. The van der Waals surface area contributed by atoms with Crippen molar-refractivity contribution in [2.24, 2.45) is 0 Å². The highest BCUT2D eigenvalue weighted by molar-refractivity contribution is 7.92. The molecule has 0 saturated heterocycles. The maximum Gasteiger partial charge on any atom is 0.407 e. The van der Waals surface area contributed by atoms with E-state index in [1.54, 1.807) is 126 Å². The summed E-state index contributed by atoms with van der Waals surface area (Å²) < 4.78 is 85.9. The highest BCUT2D eigenvalue weighted by Gasteiger charge is 2.41. The van der Waals surface area contributed by atoms with Crippen LogP contribution in [-0.4, -0.2) is 140 Å². The van der Waals surface area contributed by atoms with E-state index in [4.69, 9.17) is 19.9 Å². The molecule has 0 atom stereocenters. The van der Waals surface area contributed by atoms with E-state index in [0.29, 0.717) is 50.9 Å². The summed E-state index contributed by atoms with van der Waals surface area (Å²) in [6.07, 6.45) is 0.113. The van der Waals surface area contributed by atoms with Gasteiger partial charge in [0.2, 0.25) is 20.0 Å². The molecule has 77 heavy (non-hydrogen) atoms. The Morgan fingerprint density at radius 3 is 1.69 bits per heavy atom. The van der Waals surface area contributed by atoms with Crippen LogP contribution in [-0.2, 0) is 39.7 Å². The van der Waals surface area contributed by atoms with Crippen LogP contribution in [0.25, 0.3) is 33.9 Å². The smallest absolute Gasteiger partial charge is 0.407 e. The quantitative estimate of drug-likeness (QED) is 0.0482. The molecule has 0 saturated carbocycles. The number of carbonyl (C=O) groups is 2. The summed E-state index contributed by atoms with van der Waals surface area (Å²) >= 11 is 0. The number of methoxy groups -OCH3 is 3. The second kappa shape index (κ2) is 23.0. The van der Waals surface area contributed by atoms with Gasteiger partial charge in [0, 0.05) is 43.5 Å². The van der Waals surface area contributed by atoms with Crippen LogP contribution in [0.4, 0.5) is 15.5 Å². The zero-order valence-corrected chi connectivity index (χ0v) is 45.6. The van der Waals surface area contributed by atoms with Crippen LogP contribution in [0.3, 0.4) is 0 Å². The van der Waals surface area contributed by atoms with Crippen molar-refractivity contribution in [2.45, 2.75) is 88.1 Å². The summed E-state index contributed by atoms with van der Waals surface area (Å²) in [5.41, 5.74) is 6.36. The van der Waals surface area contributed by atoms with Gasteiger partial charge in [-0.3, -0.25) is 4.98 Å². The molecule has 0 spiro atoms. The molecule has 0 bridgehead atoms. The Balaban J connectivity index is 1.57. The fourth-order valence-electron chi connectivity index (χ4n) is 8.46. The predicted molar refractivity (Wildman–Crippen MR) is 286 cm³/mol. The van der Waals surface area contributed by atoms with Crippen LogP contribution >= 0.6 is 0 Å². The van der Waals surface area contributed by atoms with Gasteiger partial charge in [0.15, 0.2) is 11.8 Å². The molecule has 0 aliphatic rings. The lowest BCUT2D eigenvalue weighted by atomic mass is 9.98. The van der Waals surface area contributed by atoms with Gasteiger partial charge in [-0.25, -0.2) is 40.8 Å². The van der Waals surface area contributed by atoms with E-state index in [1.807, 2.05) is 0 Å². The second-order valence-corrected chi connectivity index (χ2v) is 23.4. The Morgan fingerprint density at radius 1 is 0.727 bits per heavy atom. The lowest BCUT2D eigenvalue weighted by Crippen LogP contribution is -2.58. The zero-order chi connectivity index (χ0) is 56.0. The Kier molecular flexibility index (Phi) is 16.9. The molecule has 408 valence electrons. The predicted octanol–water partition coefficient (Wildman–Crippen LogP) is 7.04. The Morgan fingerprint density at radius 2 is 1.23 bits per heavy atom. The number of benzene rings is 4. The average molecular weight is 1100 g/mol. The number of carboxylic acid groups (broad SMARTS) is 2. The van der Waals surface area contributed by atoms with Crippen molar-refractivity contribution in [1.82, 2.24) is 54.0 Å². The molecule has 7 rings (SSSR count). The van der Waals surface area contributed by atoms with Crippen molar-refractivity contribution in [2.75, 3.05) is 40.2 Å². The molecule has 3 heterocycles. The highest BCUT2D eigenvalue weighted by Crippen LogP contribution is 2.43. The molecule has 23 nitrogen and oxygen atoms in total. The normalized spacial score (nSPS) is 12.2. The lowest BCUT2D eigenvalue weighted by Gasteiger charge is -2.40. The van der Waals surface area contributed by atoms with Crippen LogP contribution in [0.2, 0.25) is 0 Å². The molecule has 3 aromatic heterocycles. The Hall–Kier alpha value is -8.13. The first kappa shape index (κ1) is 56.6. The van der Waals surface area contributed by atoms with Crippen LogP contribution in [0.15, 0.2) is 119 Å². The number of anilines is 1. The summed E-state index contributed by atoms with van der Waals surface area (Å²) in [4.78, 5) is 37.8. The van der Waals surface area contributed by atoms with Crippen LogP contribution < -0.4 is 24.7 Å². The minimum absolute atomic E-state index is 0.0470. The van der Waals surface area contributed by atoms with Crippen molar-refractivity contribution in [3.05, 3.63) is 126 Å². The third-order valence-electron chi connectivity index (χ3n) is 12.4. The Labute approximate surface area is 446 Å². The van der Waals surface area contributed by atoms with E-state index in [-0.39, 0.29) is 42.5 Å². The monoisotopic (exact) mass is 1090 g/mol. The second-order valence-electron chi connectivity index (χ2n) is 19.9. The SMILES string of the molecule is COc1ccc(CN(Cc2ccc(OC)cc2)S(=O)(=O)c2c(S(=O)(=O)NC(CN(C(=O)O)C(C)(C)C)CN(C(=O)O)C(C)(C)C)ccc(-c3ccnc(-c4cnc(N)[nH]4)c3)c2-c2nnnn2Cc2ccc(OC)cc2)cc1. The van der Waals surface area contributed by atoms with Gasteiger partial charge < -0.3 is 44.9 Å². The number of pyridine rings is 1. The van der Waals surface area contributed by atoms with Gasteiger partial charge in [-0.2, -0.15) is 4.31 Å². The molecular weight excluding hydrogens is 1030 g/mol. The molecule has 2 amide bonds. The van der Waals surface area contributed by atoms with E-state index in [0.717, 1.165) is 20.2 Å². The van der Waals surface area contributed by atoms with E-state index in [9.17, 15) is 19.8 Å². The molecule has 6 N–H and O–H groups in total. The zero-order valence-electron chi connectivity index (χ0n) is 44.0. The molecule has 0 aliphatic carbocycles. The summed E-state index contributed by atoms with van der Waals surface area (Å²) in [5, 5.41) is 33.8. The molecule has 25 heteroatoms. The van der Waals surface area contributed by atoms with Crippen LogP contribution in [0.5, 0.6) is 17.2 Å². The number of ether oxygens (including phenoxy) is 3. The number of aromatic amines is 1. The summed E-state index contributed by atoms with van der Waals surface area (Å²) in [7, 11) is -5.87. The molecule has 0 unspecified atom stereocenters. The van der Waals surface area contributed by atoms with Gasteiger partial charge in [0.25, 0.3) is 0 Å². The number of nitrogens with one attached hydrogen (secondary N) is 2. The number of hydrogen-bond donors (Lipinski definition) is 5. The number of aromatic nitrogens is 7. The maximum atomic E-state index is 16.5.